The molecule has 1 amide bonds. The van der Waals surface area contributed by atoms with Gasteiger partial charge in [0.05, 0.1) is 5.69 Å². The summed E-state index contributed by atoms with van der Waals surface area (Å²) in [5, 5.41) is 2.94. The van der Waals surface area contributed by atoms with Gasteiger partial charge in [-0.3, -0.25) is 9.78 Å². The molecule has 0 aliphatic carbocycles. The number of nitrogens with two attached hydrogens (primary N) is 1. The van der Waals surface area contributed by atoms with Crippen LogP contribution in [0, 0.1) is 0 Å². The van der Waals surface area contributed by atoms with E-state index in [4.69, 9.17) is 5.73 Å². The van der Waals surface area contributed by atoms with Crippen molar-refractivity contribution in [2.24, 2.45) is 5.73 Å². The lowest BCUT2D eigenvalue weighted by Crippen LogP contribution is -2.32. The van der Waals surface area contributed by atoms with Crippen LogP contribution in [0.15, 0.2) is 18.3 Å². The van der Waals surface area contributed by atoms with Crippen LogP contribution in [0.4, 0.5) is 0 Å². The van der Waals surface area contributed by atoms with Gasteiger partial charge < -0.3 is 11.1 Å². The Hall–Kier alpha value is -1.42. The Morgan fingerprint density at radius 1 is 1.62 bits per heavy atom. The van der Waals surface area contributed by atoms with E-state index in [-0.39, 0.29) is 11.9 Å². The third-order valence-electron chi connectivity index (χ3n) is 2.39. The summed E-state index contributed by atoms with van der Waals surface area (Å²) in [5.74, 6) is -0.0574. The number of carbonyl (C=O) groups is 1. The van der Waals surface area contributed by atoms with Gasteiger partial charge in [-0.1, -0.05) is 13.3 Å². The molecule has 1 atom stereocenters. The van der Waals surface area contributed by atoms with Crippen molar-refractivity contribution < 1.29 is 4.79 Å². The molecule has 88 valence electrons. The first-order valence-electron chi connectivity index (χ1n) is 5.63. The number of aromatic nitrogens is 1. The van der Waals surface area contributed by atoms with Gasteiger partial charge in [0.25, 0.3) is 5.91 Å². The van der Waals surface area contributed by atoms with E-state index in [0.717, 1.165) is 18.5 Å². The van der Waals surface area contributed by atoms with E-state index in [1.54, 1.807) is 18.3 Å². The van der Waals surface area contributed by atoms with Crippen molar-refractivity contribution >= 4 is 5.91 Å². The Labute approximate surface area is 96.3 Å². The fourth-order valence-electron chi connectivity index (χ4n) is 1.54. The highest BCUT2D eigenvalue weighted by Crippen LogP contribution is 2.03. The minimum absolute atomic E-state index is 0.0574. The quantitative estimate of drug-likeness (QED) is 0.791. The normalized spacial score (nSPS) is 12.2. The molecule has 0 bridgehead atoms. The molecule has 0 aromatic carbocycles. The molecule has 4 nitrogen and oxygen atoms in total. The van der Waals surface area contributed by atoms with Crippen molar-refractivity contribution in [1.29, 1.82) is 0 Å². The van der Waals surface area contributed by atoms with Crippen LogP contribution in [0.25, 0.3) is 0 Å². The molecule has 0 aliphatic rings. The summed E-state index contributed by atoms with van der Waals surface area (Å²) >= 11 is 0. The van der Waals surface area contributed by atoms with Gasteiger partial charge in [0.15, 0.2) is 0 Å². The molecule has 1 unspecified atom stereocenters. The molecular weight excluding hydrogens is 202 g/mol. The molecule has 1 heterocycles. The fraction of sp³-hybridized carbons (Fsp3) is 0.500. The van der Waals surface area contributed by atoms with Crippen LogP contribution in [0.3, 0.4) is 0 Å². The number of nitrogens with zero attached hydrogens (tertiary/aromatic N) is 1. The number of rotatable bonds is 5. The predicted molar refractivity (Wildman–Crippen MR) is 64.0 cm³/mol. The van der Waals surface area contributed by atoms with E-state index in [1.165, 1.54) is 0 Å². The van der Waals surface area contributed by atoms with Crippen molar-refractivity contribution in [2.45, 2.75) is 39.3 Å². The molecule has 0 saturated carbocycles. The van der Waals surface area contributed by atoms with Crippen molar-refractivity contribution in [3.05, 3.63) is 29.6 Å². The van der Waals surface area contributed by atoms with E-state index in [1.807, 2.05) is 6.92 Å². The molecule has 0 saturated heterocycles. The number of hydrogen-bond donors (Lipinski definition) is 2. The largest absolute Gasteiger partial charge is 0.350 e. The van der Waals surface area contributed by atoms with Crippen LogP contribution in [0.2, 0.25) is 0 Å². The van der Waals surface area contributed by atoms with E-state index >= 15 is 0 Å². The van der Waals surface area contributed by atoms with Gasteiger partial charge in [0.2, 0.25) is 0 Å². The summed E-state index contributed by atoms with van der Waals surface area (Å²) < 4.78 is 0. The number of amides is 1. The van der Waals surface area contributed by atoms with E-state index in [0.29, 0.717) is 12.1 Å². The van der Waals surface area contributed by atoms with Gasteiger partial charge in [-0.25, -0.2) is 0 Å². The zero-order chi connectivity index (χ0) is 12.0. The summed E-state index contributed by atoms with van der Waals surface area (Å²) in [6.45, 7) is 4.46. The van der Waals surface area contributed by atoms with Gasteiger partial charge in [-0.15, -0.1) is 0 Å². The molecule has 4 heteroatoms. The zero-order valence-electron chi connectivity index (χ0n) is 9.86. The van der Waals surface area contributed by atoms with Crippen molar-refractivity contribution in [3.8, 4) is 0 Å². The molecule has 0 radical (unpaired) electrons. The first-order valence-corrected chi connectivity index (χ1v) is 5.63. The fourth-order valence-corrected chi connectivity index (χ4v) is 1.54. The topological polar surface area (TPSA) is 68.0 Å². The van der Waals surface area contributed by atoms with E-state index in [2.05, 4.69) is 17.2 Å². The maximum Gasteiger partial charge on any atom is 0.251 e. The second-order valence-corrected chi connectivity index (χ2v) is 3.90. The van der Waals surface area contributed by atoms with Crippen LogP contribution in [-0.2, 0) is 6.54 Å². The minimum Gasteiger partial charge on any atom is -0.350 e. The number of carbonyl (C=O) groups excluding carboxylic acids is 1. The van der Waals surface area contributed by atoms with Crippen LogP contribution < -0.4 is 11.1 Å². The molecule has 1 rings (SSSR count). The Morgan fingerprint density at radius 3 is 3.00 bits per heavy atom. The van der Waals surface area contributed by atoms with Gasteiger partial charge in [0, 0.05) is 24.3 Å². The molecule has 0 aliphatic heterocycles. The number of nitrogens with one attached hydrogen (secondary N) is 1. The molecule has 1 aromatic rings. The summed E-state index contributed by atoms with van der Waals surface area (Å²) in [5.41, 5.74) is 6.83. The lowest BCUT2D eigenvalue weighted by atomic mass is 10.1. The second-order valence-electron chi connectivity index (χ2n) is 3.90. The number of pyridine rings is 1. The van der Waals surface area contributed by atoms with Crippen LogP contribution in [0.1, 0.15) is 42.7 Å². The Kier molecular flexibility index (Phi) is 4.92. The van der Waals surface area contributed by atoms with Crippen LogP contribution in [-0.4, -0.2) is 16.9 Å². The highest BCUT2D eigenvalue weighted by molar-refractivity contribution is 5.94. The van der Waals surface area contributed by atoms with Gasteiger partial charge in [0.1, 0.15) is 0 Å². The van der Waals surface area contributed by atoms with Crippen molar-refractivity contribution in [2.75, 3.05) is 0 Å². The second kappa shape index (κ2) is 6.23. The standard InChI is InChI=1S/C12H19N3O/c1-3-4-9(2)15-12(16)10-5-6-14-11(7-10)8-13/h5-7,9H,3-4,8,13H2,1-2H3,(H,15,16). The first kappa shape index (κ1) is 12.6. The maximum atomic E-state index is 11.8. The molecule has 1 aromatic heterocycles. The van der Waals surface area contributed by atoms with Crippen molar-refractivity contribution in [3.63, 3.8) is 0 Å². The van der Waals surface area contributed by atoms with Gasteiger partial charge in [-0.05, 0) is 25.5 Å². The Balaban J connectivity index is 2.65. The summed E-state index contributed by atoms with van der Waals surface area (Å²) in [4.78, 5) is 15.9. The molecule has 16 heavy (non-hydrogen) atoms. The predicted octanol–water partition coefficient (Wildman–Crippen LogP) is 1.46. The van der Waals surface area contributed by atoms with Crippen LogP contribution >= 0.6 is 0 Å². The summed E-state index contributed by atoms with van der Waals surface area (Å²) in [6, 6.07) is 3.63. The minimum atomic E-state index is -0.0574. The molecule has 0 spiro atoms. The first-order chi connectivity index (χ1) is 7.67. The summed E-state index contributed by atoms with van der Waals surface area (Å²) in [6.07, 6.45) is 3.66. The monoisotopic (exact) mass is 221 g/mol. The average molecular weight is 221 g/mol. The number of hydrogen-bond acceptors (Lipinski definition) is 3. The SMILES string of the molecule is CCCC(C)NC(=O)c1ccnc(CN)c1. The van der Waals surface area contributed by atoms with Gasteiger partial charge in [-0.2, -0.15) is 0 Å². The zero-order valence-corrected chi connectivity index (χ0v) is 9.86. The summed E-state index contributed by atoms with van der Waals surface area (Å²) in [7, 11) is 0. The molecule has 0 fully saturated rings. The van der Waals surface area contributed by atoms with Crippen LogP contribution in [0.5, 0.6) is 0 Å². The molecular formula is C12H19N3O. The molecule has 3 N–H and O–H groups in total. The van der Waals surface area contributed by atoms with Gasteiger partial charge >= 0.3 is 0 Å². The lowest BCUT2D eigenvalue weighted by Gasteiger charge is -2.12. The Bertz CT molecular complexity index is 352. The highest BCUT2D eigenvalue weighted by atomic mass is 16.1. The maximum absolute atomic E-state index is 11.8. The third-order valence-corrected chi connectivity index (χ3v) is 2.39. The Morgan fingerprint density at radius 2 is 2.38 bits per heavy atom. The highest BCUT2D eigenvalue weighted by Gasteiger charge is 2.09. The third kappa shape index (κ3) is 3.62. The van der Waals surface area contributed by atoms with E-state index in [9.17, 15) is 4.79 Å². The smallest absolute Gasteiger partial charge is 0.251 e. The van der Waals surface area contributed by atoms with E-state index < -0.39 is 0 Å². The lowest BCUT2D eigenvalue weighted by molar-refractivity contribution is 0.0938. The van der Waals surface area contributed by atoms with Crippen molar-refractivity contribution in [1.82, 2.24) is 10.3 Å². The average Bonchev–Trinajstić information content (AvgIpc) is 2.29.